The van der Waals surface area contributed by atoms with Gasteiger partial charge in [0, 0.05) is 6.54 Å². The Kier molecular flexibility index (Phi) is 4.17. The SMILES string of the molecule is CCn1nc(C)c2nc(C(C)Cl)n(CCOC(N)=O)c21. The maximum atomic E-state index is 10.7. The zero-order valence-electron chi connectivity index (χ0n) is 11.8. The van der Waals surface area contributed by atoms with Gasteiger partial charge in [-0.15, -0.1) is 11.6 Å². The fourth-order valence-corrected chi connectivity index (χ4v) is 2.39. The largest absolute Gasteiger partial charge is 0.448 e. The van der Waals surface area contributed by atoms with E-state index in [0.717, 1.165) is 29.2 Å². The lowest BCUT2D eigenvalue weighted by atomic mass is 10.4. The summed E-state index contributed by atoms with van der Waals surface area (Å²) in [6.45, 7) is 7.11. The summed E-state index contributed by atoms with van der Waals surface area (Å²) in [6.07, 6.45) is -0.790. The van der Waals surface area contributed by atoms with E-state index in [-0.39, 0.29) is 12.0 Å². The highest BCUT2D eigenvalue weighted by Gasteiger charge is 2.20. The molecule has 2 rings (SSSR count). The van der Waals surface area contributed by atoms with Crippen molar-refractivity contribution in [1.29, 1.82) is 0 Å². The van der Waals surface area contributed by atoms with Crippen LogP contribution in [0.3, 0.4) is 0 Å². The normalized spacial score (nSPS) is 12.8. The highest BCUT2D eigenvalue weighted by atomic mass is 35.5. The van der Waals surface area contributed by atoms with Gasteiger partial charge in [0.25, 0.3) is 0 Å². The third-order valence-electron chi connectivity index (χ3n) is 3.04. The monoisotopic (exact) mass is 299 g/mol. The average Bonchev–Trinajstić information content (AvgIpc) is 2.88. The number of nitrogens with two attached hydrogens (primary N) is 1. The molecule has 7 nitrogen and oxygen atoms in total. The fourth-order valence-electron chi connectivity index (χ4n) is 2.22. The summed E-state index contributed by atoms with van der Waals surface area (Å²) < 4.78 is 8.59. The Morgan fingerprint density at radius 2 is 2.25 bits per heavy atom. The van der Waals surface area contributed by atoms with Crippen LogP contribution in [0.4, 0.5) is 4.79 Å². The Bertz CT molecular complexity index is 631. The van der Waals surface area contributed by atoms with Crippen LogP contribution >= 0.6 is 11.6 Å². The molecule has 0 aliphatic rings. The molecule has 0 saturated carbocycles. The number of amides is 1. The van der Waals surface area contributed by atoms with Gasteiger partial charge in [-0.05, 0) is 20.8 Å². The minimum absolute atomic E-state index is 0.172. The maximum absolute atomic E-state index is 10.7. The summed E-state index contributed by atoms with van der Waals surface area (Å²) in [6, 6.07) is 0. The standard InChI is InChI=1S/C12H18ClN5O2/c1-4-18-11-9(8(3)16-18)15-10(7(2)13)17(11)5-6-20-12(14)19/h7H,4-6H2,1-3H3,(H2,14,19). The van der Waals surface area contributed by atoms with Gasteiger partial charge >= 0.3 is 6.09 Å². The molecule has 2 heterocycles. The van der Waals surface area contributed by atoms with Crippen molar-refractivity contribution in [3.05, 3.63) is 11.5 Å². The van der Waals surface area contributed by atoms with Gasteiger partial charge in [-0.25, -0.2) is 14.5 Å². The van der Waals surface area contributed by atoms with Crippen molar-refractivity contribution in [3.63, 3.8) is 0 Å². The number of alkyl halides is 1. The number of rotatable bonds is 5. The molecular weight excluding hydrogens is 282 g/mol. The molecule has 0 aliphatic heterocycles. The van der Waals surface area contributed by atoms with Crippen molar-refractivity contribution in [3.8, 4) is 0 Å². The van der Waals surface area contributed by atoms with E-state index in [2.05, 4.69) is 10.1 Å². The van der Waals surface area contributed by atoms with Crippen LogP contribution in [0.5, 0.6) is 0 Å². The van der Waals surface area contributed by atoms with Crippen LogP contribution in [0.2, 0.25) is 0 Å². The Balaban J connectivity index is 2.46. The van der Waals surface area contributed by atoms with E-state index in [1.807, 2.05) is 30.0 Å². The molecule has 110 valence electrons. The van der Waals surface area contributed by atoms with Crippen molar-refractivity contribution in [2.45, 2.75) is 39.2 Å². The fraction of sp³-hybridized carbons (Fsp3) is 0.583. The summed E-state index contributed by atoms with van der Waals surface area (Å²) in [5.41, 5.74) is 7.55. The lowest BCUT2D eigenvalue weighted by Gasteiger charge is -2.11. The van der Waals surface area contributed by atoms with Crippen molar-refractivity contribution in [2.24, 2.45) is 5.73 Å². The Labute approximate surface area is 121 Å². The number of aryl methyl sites for hydroxylation is 2. The molecule has 20 heavy (non-hydrogen) atoms. The van der Waals surface area contributed by atoms with E-state index in [4.69, 9.17) is 22.1 Å². The van der Waals surface area contributed by atoms with Crippen LogP contribution in [-0.4, -0.2) is 32.0 Å². The lowest BCUT2D eigenvalue weighted by Crippen LogP contribution is -2.18. The summed E-state index contributed by atoms with van der Waals surface area (Å²) in [4.78, 5) is 15.2. The number of fused-ring (bicyclic) bond motifs is 1. The van der Waals surface area contributed by atoms with Gasteiger partial charge < -0.3 is 15.0 Å². The van der Waals surface area contributed by atoms with Crippen LogP contribution < -0.4 is 5.73 Å². The lowest BCUT2D eigenvalue weighted by molar-refractivity contribution is 0.152. The van der Waals surface area contributed by atoms with Crippen LogP contribution in [-0.2, 0) is 17.8 Å². The van der Waals surface area contributed by atoms with Crippen molar-refractivity contribution in [1.82, 2.24) is 19.3 Å². The third kappa shape index (κ3) is 2.58. The van der Waals surface area contributed by atoms with Gasteiger partial charge in [-0.3, -0.25) is 0 Å². The predicted octanol–water partition coefficient (Wildman–Crippen LogP) is 1.96. The number of imidazole rings is 1. The number of hydrogen-bond acceptors (Lipinski definition) is 4. The number of primary amides is 1. The molecule has 2 aromatic heterocycles. The number of carbonyl (C=O) groups excluding carboxylic acids is 1. The van der Waals surface area contributed by atoms with Crippen LogP contribution in [0.15, 0.2) is 0 Å². The van der Waals surface area contributed by atoms with E-state index < -0.39 is 6.09 Å². The summed E-state index contributed by atoms with van der Waals surface area (Å²) in [5.74, 6) is 0.734. The van der Waals surface area contributed by atoms with Crippen LogP contribution in [0.25, 0.3) is 11.2 Å². The molecule has 2 aromatic rings. The number of carbonyl (C=O) groups is 1. The molecule has 1 atom stereocenters. The zero-order chi connectivity index (χ0) is 14.9. The summed E-state index contributed by atoms with van der Waals surface area (Å²) >= 11 is 6.18. The van der Waals surface area contributed by atoms with Crippen LogP contribution in [0, 0.1) is 6.92 Å². The first-order valence-electron chi connectivity index (χ1n) is 6.45. The number of nitrogens with zero attached hydrogens (tertiary/aromatic N) is 4. The number of halogens is 1. The molecule has 0 saturated heterocycles. The van der Waals surface area contributed by atoms with Crippen molar-refractivity contribution < 1.29 is 9.53 Å². The molecule has 0 aliphatic carbocycles. The molecule has 0 bridgehead atoms. The van der Waals surface area contributed by atoms with E-state index in [1.165, 1.54) is 0 Å². The topological polar surface area (TPSA) is 88.0 Å². The molecule has 0 aromatic carbocycles. The molecule has 1 amide bonds. The second kappa shape index (κ2) is 5.70. The molecule has 2 N–H and O–H groups in total. The highest BCUT2D eigenvalue weighted by Crippen LogP contribution is 2.26. The molecule has 8 heteroatoms. The van der Waals surface area contributed by atoms with E-state index in [1.54, 1.807) is 0 Å². The Morgan fingerprint density at radius 1 is 1.55 bits per heavy atom. The second-order valence-electron chi connectivity index (χ2n) is 4.48. The first kappa shape index (κ1) is 14.6. The molecule has 0 radical (unpaired) electrons. The minimum Gasteiger partial charge on any atom is -0.448 e. The van der Waals surface area contributed by atoms with E-state index in [0.29, 0.717) is 6.54 Å². The van der Waals surface area contributed by atoms with Gasteiger partial charge in [0.05, 0.1) is 17.6 Å². The van der Waals surface area contributed by atoms with Crippen LogP contribution in [0.1, 0.15) is 30.7 Å². The van der Waals surface area contributed by atoms with E-state index in [9.17, 15) is 4.79 Å². The number of aromatic nitrogens is 4. The van der Waals surface area contributed by atoms with Crippen molar-refractivity contribution >= 4 is 28.9 Å². The first-order chi connectivity index (χ1) is 9.45. The van der Waals surface area contributed by atoms with Crippen molar-refractivity contribution in [2.75, 3.05) is 6.61 Å². The molecular formula is C12H18ClN5O2. The summed E-state index contributed by atoms with van der Waals surface area (Å²) in [5, 5.41) is 4.18. The van der Waals surface area contributed by atoms with Gasteiger partial charge in [0.1, 0.15) is 17.9 Å². The number of hydrogen-bond donors (Lipinski definition) is 1. The Hall–Kier alpha value is -1.76. The second-order valence-corrected chi connectivity index (χ2v) is 5.13. The number of ether oxygens (including phenoxy) is 1. The maximum Gasteiger partial charge on any atom is 0.404 e. The smallest absolute Gasteiger partial charge is 0.404 e. The predicted molar refractivity (Wildman–Crippen MR) is 75.7 cm³/mol. The van der Waals surface area contributed by atoms with Gasteiger partial charge in [0.15, 0.2) is 5.65 Å². The quantitative estimate of drug-likeness (QED) is 0.855. The molecule has 0 fully saturated rings. The first-order valence-corrected chi connectivity index (χ1v) is 6.89. The van der Waals surface area contributed by atoms with Gasteiger partial charge in [-0.2, -0.15) is 5.10 Å². The zero-order valence-corrected chi connectivity index (χ0v) is 12.5. The highest BCUT2D eigenvalue weighted by molar-refractivity contribution is 6.20. The minimum atomic E-state index is -0.790. The van der Waals surface area contributed by atoms with Gasteiger partial charge in [-0.1, -0.05) is 0 Å². The molecule has 1 unspecified atom stereocenters. The third-order valence-corrected chi connectivity index (χ3v) is 3.24. The van der Waals surface area contributed by atoms with E-state index >= 15 is 0 Å². The van der Waals surface area contributed by atoms with Gasteiger partial charge in [0.2, 0.25) is 0 Å². The Morgan fingerprint density at radius 3 is 2.80 bits per heavy atom. The summed E-state index contributed by atoms with van der Waals surface area (Å²) in [7, 11) is 0. The molecule has 0 spiro atoms. The average molecular weight is 300 g/mol.